The van der Waals surface area contributed by atoms with Crippen molar-refractivity contribution in [2.75, 3.05) is 0 Å². The first-order valence-electron chi connectivity index (χ1n) is 7.39. The van der Waals surface area contributed by atoms with Gasteiger partial charge >= 0.3 is 0 Å². The summed E-state index contributed by atoms with van der Waals surface area (Å²) in [5.74, 6) is -0.541. The molecular formula is C18H15N3O2. The van der Waals surface area contributed by atoms with E-state index in [-0.39, 0.29) is 11.8 Å². The maximum absolute atomic E-state index is 12.4. The molecule has 0 atom stereocenters. The largest absolute Gasteiger partial charge is 0.273 e. The Hall–Kier alpha value is -3.13. The van der Waals surface area contributed by atoms with Gasteiger partial charge < -0.3 is 0 Å². The maximum Gasteiger partial charge on any atom is 0.270 e. The minimum absolute atomic E-state index is 0.0184. The number of hydrogen-bond donors (Lipinski definition) is 2. The van der Waals surface area contributed by atoms with Gasteiger partial charge in [-0.25, -0.2) is 0 Å². The molecule has 0 aliphatic heterocycles. The van der Waals surface area contributed by atoms with Crippen molar-refractivity contribution in [1.29, 1.82) is 5.26 Å². The van der Waals surface area contributed by atoms with E-state index in [1.165, 1.54) is 0 Å². The predicted octanol–water partition coefficient (Wildman–Crippen LogP) is 2.40. The first-order valence-corrected chi connectivity index (χ1v) is 7.39. The van der Waals surface area contributed by atoms with E-state index in [0.29, 0.717) is 22.3 Å². The van der Waals surface area contributed by atoms with Gasteiger partial charge in [-0.15, -0.1) is 0 Å². The van der Waals surface area contributed by atoms with E-state index in [4.69, 9.17) is 0 Å². The molecule has 2 amide bonds. The molecule has 0 unspecified atom stereocenters. The molecular weight excluding hydrogens is 290 g/mol. The Morgan fingerprint density at radius 1 is 0.957 bits per heavy atom. The molecule has 3 rings (SSSR count). The molecule has 2 N–H and O–H groups in total. The van der Waals surface area contributed by atoms with Crippen LogP contribution in [0.2, 0.25) is 0 Å². The fourth-order valence-electron chi connectivity index (χ4n) is 2.36. The minimum Gasteiger partial charge on any atom is -0.273 e. The number of rotatable bonds is 3. The topological polar surface area (TPSA) is 82.0 Å². The highest BCUT2D eigenvalue weighted by atomic mass is 16.2. The summed E-state index contributed by atoms with van der Waals surface area (Å²) in [4.78, 5) is 24.0. The number of hydrazine groups is 1. The second kappa shape index (κ2) is 6.32. The fourth-order valence-corrected chi connectivity index (χ4v) is 2.36. The van der Waals surface area contributed by atoms with Crippen molar-refractivity contribution >= 4 is 11.8 Å². The van der Waals surface area contributed by atoms with Crippen molar-refractivity contribution in [3.63, 3.8) is 0 Å². The van der Waals surface area contributed by atoms with Gasteiger partial charge in [0.2, 0.25) is 5.91 Å². The van der Waals surface area contributed by atoms with Crippen molar-refractivity contribution in [2.45, 2.75) is 12.8 Å². The van der Waals surface area contributed by atoms with Crippen molar-refractivity contribution in [1.82, 2.24) is 10.9 Å². The first kappa shape index (κ1) is 14.8. The molecule has 0 spiro atoms. The number of nitrogens with zero attached hydrogens (tertiary/aromatic N) is 1. The van der Waals surface area contributed by atoms with Gasteiger partial charge in [0.15, 0.2) is 0 Å². The van der Waals surface area contributed by atoms with Crippen LogP contribution in [0.25, 0.3) is 11.1 Å². The first-order chi connectivity index (χ1) is 11.2. The molecule has 0 aromatic heterocycles. The second-order valence-electron chi connectivity index (χ2n) is 5.42. The van der Waals surface area contributed by atoms with E-state index in [1.807, 2.05) is 12.1 Å². The van der Waals surface area contributed by atoms with Crippen LogP contribution in [0.3, 0.4) is 0 Å². The van der Waals surface area contributed by atoms with E-state index in [9.17, 15) is 14.9 Å². The summed E-state index contributed by atoms with van der Waals surface area (Å²) in [6, 6.07) is 16.2. The van der Waals surface area contributed by atoms with E-state index >= 15 is 0 Å². The third kappa shape index (κ3) is 3.22. The highest BCUT2D eigenvalue weighted by Crippen LogP contribution is 2.29. The summed E-state index contributed by atoms with van der Waals surface area (Å²) in [5, 5.41) is 9.25. The van der Waals surface area contributed by atoms with E-state index < -0.39 is 5.91 Å². The molecule has 5 nitrogen and oxygen atoms in total. The van der Waals surface area contributed by atoms with Crippen LogP contribution in [0.5, 0.6) is 0 Å². The Kier molecular flexibility index (Phi) is 4.07. The highest BCUT2D eigenvalue weighted by Gasteiger charge is 2.29. The second-order valence-corrected chi connectivity index (χ2v) is 5.42. The molecule has 1 aliphatic rings. The number of carbonyl (C=O) groups is 2. The molecule has 0 bridgehead atoms. The van der Waals surface area contributed by atoms with Crippen molar-refractivity contribution in [3.8, 4) is 17.2 Å². The monoisotopic (exact) mass is 305 g/mol. The highest BCUT2D eigenvalue weighted by molar-refractivity contribution is 6.02. The average Bonchev–Trinajstić information content (AvgIpc) is 3.44. The van der Waals surface area contributed by atoms with Crippen molar-refractivity contribution < 1.29 is 9.59 Å². The lowest BCUT2D eigenvalue weighted by molar-refractivity contribution is -0.123. The van der Waals surface area contributed by atoms with Gasteiger partial charge in [0, 0.05) is 17.0 Å². The SMILES string of the molecule is N#Cc1ccccc1-c1ccccc1C(=O)NNC(=O)C1CC1. The summed E-state index contributed by atoms with van der Waals surface area (Å²) in [7, 11) is 0. The van der Waals surface area contributed by atoms with Crippen LogP contribution in [0.15, 0.2) is 48.5 Å². The summed E-state index contributed by atoms with van der Waals surface area (Å²) in [6.45, 7) is 0. The van der Waals surface area contributed by atoms with Crippen LogP contribution >= 0.6 is 0 Å². The number of benzene rings is 2. The van der Waals surface area contributed by atoms with Crippen LogP contribution in [0, 0.1) is 17.2 Å². The average molecular weight is 305 g/mol. The van der Waals surface area contributed by atoms with Gasteiger partial charge in [-0.05, 0) is 30.5 Å². The zero-order valence-electron chi connectivity index (χ0n) is 12.4. The van der Waals surface area contributed by atoms with Gasteiger partial charge in [0.1, 0.15) is 0 Å². The van der Waals surface area contributed by atoms with Crippen LogP contribution < -0.4 is 10.9 Å². The Labute approximate surface area is 133 Å². The van der Waals surface area contributed by atoms with Crippen LogP contribution in [-0.4, -0.2) is 11.8 Å². The molecule has 0 heterocycles. The van der Waals surface area contributed by atoms with E-state index in [0.717, 1.165) is 12.8 Å². The smallest absolute Gasteiger partial charge is 0.270 e. The lowest BCUT2D eigenvalue weighted by Gasteiger charge is -2.12. The molecule has 1 saturated carbocycles. The Balaban J connectivity index is 1.87. The van der Waals surface area contributed by atoms with Crippen molar-refractivity contribution in [2.24, 2.45) is 5.92 Å². The summed E-state index contributed by atoms with van der Waals surface area (Å²) in [6.07, 6.45) is 1.74. The molecule has 2 aromatic rings. The molecule has 1 aliphatic carbocycles. The van der Waals surface area contributed by atoms with E-state index in [2.05, 4.69) is 16.9 Å². The van der Waals surface area contributed by atoms with Gasteiger partial charge in [-0.3, -0.25) is 20.4 Å². The molecule has 0 radical (unpaired) electrons. The molecule has 2 aromatic carbocycles. The molecule has 5 heteroatoms. The quantitative estimate of drug-likeness (QED) is 0.854. The molecule has 0 saturated heterocycles. The van der Waals surface area contributed by atoms with E-state index in [1.54, 1.807) is 36.4 Å². The van der Waals surface area contributed by atoms with Gasteiger partial charge in [-0.1, -0.05) is 36.4 Å². The summed E-state index contributed by atoms with van der Waals surface area (Å²) in [5.41, 5.74) is 7.14. The van der Waals surface area contributed by atoms with Crippen molar-refractivity contribution in [3.05, 3.63) is 59.7 Å². The number of amides is 2. The number of hydrogen-bond acceptors (Lipinski definition) is 3. The standard InChI is InChI=1S/C18H15N3O2/c19-11-13-5-1-2-6-14(13)15-7-3-4-8-16(15)18(23)21-20-17(22)12-9-10-12/h1-8,12H,9-10H2,(H,20,22)(H,21,23). The minimum atomic E-state index is -0.401. The van der Waals surface area contributed by atoms with Gasteiger partial charge in [0.25, 0.3) is 5.91 Å². The van der Waals surface area contributed by atoms with Crippen LogP contribution in [0.1, 0.15) is 28.8 Å². The zero-order chi connectivity index (χ0) is 16.2. The third-order valence-electron chi connectivity index (χ3n) is 3.76. The van der Waals surface area contributed by atoms with Crippen LogP contribution in [0.4, 0.5) is 0 Å². The Bertz CT molecular complexity index is 804. The number of carbonyl (C=O) groups excluding carboxylic acids is 2. The van der Waals surface area contributed by atoms with Gasteiger partial charge in [-0.2, -0.15) is 5.26 Å². The Morgan fingerprint density at radius 3 is 2.30 bits per heavy atom. The lowest BCUT2D eigenvalue weighted by Crippen LogP contribution is -2.42. The predicted molar refractivity (Wildman–Crippen MR) is 84.9 cm³/mol. The lowest BCUT2D eigenvalue weighted by atomic mass is 9.95. The number of nitrogens with one attached hydrogen (secondary N) is 2. The van der Waals surface area contributed by atoms with Gasteiger partial charge in [0.05, 0.1) is 11.6 Å². The molecule has 114 valence electrons. The molecule has 23 heavy (non-hydrogen) atoms. The Morgan fingerprint density at radius 2 is 1.61 bits per heavy atom. The fraction of sp³-hybridized carbons (Fsp3) is 0.167. The normalized spacial score (nSPS) is 13.0. The number of nitriles is 1. The summed E-state index contributed by atoms with van der Waals surface area (Å²) < 4.78 is 0. The molecule has 1 fully saturated rings. The zero-order valence-corrected chi connectivity index (χ0v) is 12.4. The maximum atomic E-state index is 12.4. The summed E-state index contributed by atoms with van der Waals surface area (Å²) >= 11 is 0. The third-order valence-corrected chi connectivity index (χ3v) is 3.76. The van der Waals surface area contributed by atoms with Crippen LogP contribution in [-0.2, 0) is 4.79 Å².